The Balaban J connectivity index is 1.97. The van der Waals surface area contributed by atoms with Crippen molar-refractivity contribution in [2.45, 2.75) is 82.0 Å². The summed E-state index contributed by atoms with van der Waals surface area (Å²) >= 11 is 0. The summed E-state index contributed by atoms with van der Waals surface area (Å²) in [6.07, 6.45) is -7.51. The largest absolute Gasteiger partial charge is 0.394 e. The first kappa shape index (κ1) is 20.0. The van der Waals surface area contributed by atoms with Crippen molar-refractivity contribution in [3.63, 3.8) is 0 Å². The normalized spacial score (nSPS) is 44.0. The average molecular weight is 352 g/mol. The predicted octanol–water partition coefficient (Wildman–Crippen LogP) is -1.91. The Morgan fingerprint density at radius 1 is 0.917 bits per heavy atom. The second kappa shape index (κ2) is 8.84. The van der Waals surface area contributed by atoms with E-state index in [2.05, 4.69) is 0 Å². The molecule has 0 bridgehead atoms. The first-order valence-electron chi connectivity index (χ1n) is 8.23. The molecule has 2 fully saturated rings. The Morgan fingerprint density at radius 2 is 1.50 bits per heavy atom. The van der Waals surface area contributed by atoms with Gasteiger partial charge in [-0.05, 0) is 13.8 Å². The summed E-state index contributed by atoms with van der Waals surface area (Å²) in [4.78, 5) is 0. The van der Waals surface area contributed by atoms with Crippen molar-refractivity contribution in [1.29, 1.82) is 0 Å². The summed E-state index contributed by atoms with van der Waals surface area (Å²) in [6, 6.07) is 0. The highest BCUT2D eigenvalue weighted by Crippen LogP contribution is 2.29. The van der Waals surface area contributed by atoms with Crippen LogP contribution in [0.15, 0.2) is 0 Å². The molecule has 2 saturated heterocycles. The highest BCUT2D eigenvalue weighted by atomic mass is 16.7. The van der Waals surface area contributed by atoms with E-state index < -0.39 is 55.8 Å². The molecule has 0 spiro atoms. The zero-order valence-corrected chi connectivity index (χ0v) is 13.9. The van der Waals surface area contributed by atoms with Crippen LogP contribution in [-0.4, -0.2) is 94.1 Å². The number of rotatable bonds is 6. The van der Waals surface area contributed by atoms with Gasteiger partial charge in [0, 0.05) is 12.8 Å². The zero-order valence-electron chi connectivity index (χ0n) is 13.9. The van der Waals surface area contributed by atoms with E-state index in [9.17, 15) is 25.5 Å². The van der Waals surface area contributed by atoms with Crippen LogP contribution in [0.25, 0.3) is 0 Å². The average Bonchev–Trinajstić information content (AvgIpc) is 2.52. The molecule has 2 aliphatic heterocycles. The Hall–Kier alpha value is -0.360. The Morgan fingerprint density at radius 3 is 2.08 bits per heavy atom. The maximum atomic E-state index is 10.3. The van der Waals surface area contributed by atoms with Gasteiger partial charge in [0.15, 0.2) is 12.6 Å². The molecule has 2 heterocycles. The van der Waals surface area contributed by atoms with Gasteiger partial charge in [0.25, 0.3) is 0 Å². The van der Waals surface area contributed by atoms with Gasteiger partial charge >= 0.3 is 0 Å². The van der Waals surface area contributed by atoms with Gasteiger partial charge in [0.05, 0.1) is 31.5 Å². The highest BCUT2D eigenvalue weighted by Gasteiger charge is 2.43. The monoisotopic (exact) mass is 352 g/mol. The molecule has 24 heavy (non-hydrogen) atoms. The third kappa shape index (κ3) is 4.84. The molecule has 8 atom stereocenters. The minimum atomic E-state index is -1.21. The summed E-state index contributed by atoms with van der Waals surface area (Å²) in [7, 11) is 0. The number of hydrogen-bond acceptors (Lipinski definition) is 9. The number of aliphatic hydroxyl groups is 5. The molecule has 2 aliphatic rings. The van der Waals surface area contributed by atoms with E-state index in [1.165, 1.54) is 0 Å². The van der Waals surface area contributed by atoms with Gasteiger partial charge in [-0.2, -0.15) is 0 Å². The fourth-order valence-electron chi connectivity index (χ4n) is 2.95. The minimum absolute atomic E-state index is 0.0229. The molecule has 142 valence electrons. The van der Waals surface area contributed by atoms with Crippen molar-refractivity contribution in [2.75, 3.05) is 13.2 Å². The summed E-state index contributed by atoms with van der Waals surface area (Å²) in [6.45, 7) is 2.81. The summed E-state index contributed by atoms with van der Waals surface area (Å²) in [5.41, 5.74) is 0. The van der Waals surface area contributed by atoms with Gasteiger partial charge in [-0.25, -0.2) is 0 Å². The van der Waals surface area contributed by atoms with E-state index >= 15 is 0 Å². The van der Waals surface area contributed by atoms with Crippen LogP contribution in [0.5, 0.6) is 0 Å². The quantitative estimate of drug-likeness (QED) is 0.371. The zero-order chi connectivity index (χ0) is 17.9. The molecule has 0 aromatic heterocycles. The maximum absolute atomic E-state index is 10.3. The molecule has 9 heteroatoms. The maximum Gasteiger partial charge on any atom is 0.161 e. The van der Waals surface area contributed by atoms with Gasteiger partial charge in [0.2, 0.25) is 0 Å². The topological polar surface area (TPSA) is 138 Å². The van der Waals surface area contributed by atoms with Crippen LogP contribution in [0.3, 0.4) is 0 Å². The molecule has 0 aliphatic carbocycles. The van der Waals surface area contributed by atoms with Gasteiger partial charge in [0.1, 0.15) is 24.4 Å². The molecular formula is C15H28O9. The molecule has 8 unspecified atom stereocenters. The van der Waals surface area contributed by atoms with Crippen molar-refractivity contribution < 1.29 is 44.5 Å². The van der Waals surface area contributed by atoms with Crippen LogP contribution in [0.4, 0.5) is 0 Å². The fourth-order valence-corrected chi connectivity index (χ4v) is 2.95. The lowest BCUT2D eigenvalue weighted by molar-refractivity contribution is -0.323. The van der Waals surface area contributed by atoms with Gasteiger partial charge in [-0.15, -0.1) is 0 Å². The lowest BCUT2D eigenvalue weighted by Gasteiger charge is -2.43. The van der Waals surface area contributed by atoms with Crippen molar-refractivity contribution in [3.8, 4) is 0 Å². The Kier molecular flexibility index (Phi) is 7.35. The van der Waals surface area contributed by atoms with Crippen LogP contribution in [0, 0.1) is 0 Å². The van der Waals surface area contributed by atoms with Crippen molar-refractivity contribution in [2.24, 2.45) is 0 Å². The van der Waals surface area contributed by atoms with E-state index in [4.69, 9.17) is 18.9 Å². The van der Waals surface area contributed by atoms with Crippen LogP contribution >= 0.6 is 0 Å². The lowest BCUT2D eigenvalue weighted by Crippen LogP contribution is -2.56. The highest BCUT2D eigenvalue weighted by molar-refractivity contribution is 4.87. The van der Waals surface area contributed by atoms with E-state index in [-0.39, 0.29) is 25.6 Å². The van der Waals surface area contributed by atoms with E-state index in [1.807, 2.05) is 13.8 Å². The van der Waals surface area contributed by atoms with Crippen molar-refractivity contribution in [1.82, 2.24) is 0 Å². The Labute approximate surface area is 140 Å². The number of ether oxygens (including phenoxy) is 4. The fraction of sp³-hybridized carbons (Fsp3) is 1.00. The minimum Gasteiger partial charge on any atom is -0.394 e. The summed E-state index contributed by atoms with van der Waals surface area (Å²) < 4.78 is 22.2. The first-order valence-corrected chi connectivity index (χ1v) is 8.23. The first-order chi connectivity index (χ1) is 11.3. The molecule has 0 amide bonds. The predicted molar refractivity (Wildman–Crippen MR) is 79.8 cm³/mol. The third-order valence-electron chi connectivity index (χ3n) is 4.13. The molecular weight excluding hydrogens is 324 g/mol. The van der Waals surface area contributed by atoms with Crippen LogP contribution in [-0.2, 0) is 18.9 Å². The molecule has 0 aromatic carbocycles. The van der Waals surface area contributed by atoms with Gasteiger partial charge in [-0.1, -0.05) is 0 Å². The number of aliphatic hydroxyl groups excluding tert-OH is 5. The molecule has 2 rings (SSSR count). The molecule has 0 aromatic rings. The van der Waals surface area contributed by atoms with E-state index in [0.717, 1.165) is 0 Å². The van der Waals surface area contributed by atoms with Crippen LogP contribution in [0.2, 0.25) is 0 Å². The summed E-state index contributed by atoms with van der Waals surface area (Å²) in [5, 5.41) is 48.5. The van der Waals surface area contributed by atoms with E-state index in [1.54, 1.807) is 0 Å². The molecule has 0 saturated carbocycles. The molecule has 9 nitrogen and oxygen atoms in total. The lowest BCUT2D eigenvalue weighted by atomic mass is 9.99. The van der Waals surface area contributed by atoms with E-state index in [0.29, 0.717) is 0 Å². The molecule has 5 N–H and O–H groups in total. The summed E-state index contributed by atoms with van der Waals surface area (Å²) in [5.74, 6) is 0. The second-order valence-corrected chi connectivity index (χ2v) is 6.46. The molecule has 0 radical (unpaired) electrons. The smallest absolute Gasteiger partial charge is 0.161 e. The van der Waals surface area contributed by atoms with Crippen molar-refractivity contribution in [3.05, 3.63) is 0 Å². The SMILES string of the molecule is CC(C)OC1CC(O)C(OC2CC(O)C(O)C(CO)O2)C(CO)O1. The van der Waals surface area contributed by atoms with Crippen molar-refractivity contribution >= 4 is 0 Å². The second-order valence-electron chi connectivity index (χ2n) is 6.46. The van der Waals surface area contributed by atoms with Crippen LogP contribution in [0.1, 0.15) is 26.7 Å². The Bertz CT molecular complexity index is 380. The third-order valence-corrected chi connectivity index (χ3v) is 4.13. The standard InChI is InChI=1S/C15H28O9/c1-7(2)21-12-4-9(19)15(11(6-17)23-12)24-13-3-8(18)14(20)10(5-16)22-13/h7-20H,3-6H2,1-2H3. The van der Waals surface area contributed by atoms with Gasteiger partial charge in [-0.3, -0.25) is 0 Å². The number of hydrogen-bond donors (Lipinski definition) is 5. The van der Waals surface area contributed by atoms with Crippen LogP contribution < -0.4 is 0 Å². The van der Waals surface area contributed by atoms with Gasteiger partial charge < -0.3 is 44.5 Å².